The molecule has 3 aromatic rings. The van der Waals surface area contributed by atoms with E-state index in [4.69, 9.17) is 4.74 Å². The summed E-state index contributed by atoms with van der Waals surface area (Å²) in [7, 11) is 0. The number of aromatic nitrogens is 4. The van der Waals surface area contributed by atoms with Crippen molar-refractivity contribution in [1.82, 2.24) is 20.0 Å². The first-order valence-corrected chi connectivity index (χ1v) is 8.83. The van der Waals surface area contributed by atoms with Crippen LogP contribution in [0, 0.1) is 17.2 Å². The van der Waals surface area contributed by atoms with Crippen LogP contribution in [0.4, 0.5) is 5.69 Å². The Hall–Kier alpha value is -2.98. The second-order valence-corrected chi connectivity index (χ2v) is 6.40. The zero-order chi connectivity index (χ0) is 17.9. The van der Waals surface area contributed by atoms with Crippen molar-refractivity contribution in [1.29, 1.82) is 5.26 Å². The third-order valence-corrected chi connectivity index (χ3v) is 4.83. The summed E-state index contributed by atoms with van der Waals surface area (Å²) in [6, 6.07) is 9.85. The molecule has 1 fully saturated rings. The lowest BCUT2D eigenvalue weighted by Gasteiger charge is -2.19. The van der Waals surface area contributed by atoms with Crippen LogP contribution >= 0.6 is 0 Å². The Kier molecular flexibility index (Phi) is 4.50. The van der Waals surface area contributed by atoms with Gasteiger partial charge in [-0.1, -0.05) is 18.2 Å². The summed E-state index contributed by atoms with van der Waals surface area (Å²) in [5.41, 5.74) is 2.94. The molecular weight excluding hydrogens is 328 g/mol. The minimum atomic E-state index is 0.0226. The lowest BCUT2D eigenvalue weighted by atomic mass is 9.97. The van der Waals surface area contributed by atoms with Crippen molar-refractivity contribution in [3.8, 4) is 6.07 Å². The molecule has 2 aromatic heterocycles. The third-order valence-electron chi connectivity index (χ3n) is 4.83. The lowest BCUT2D eigenvalue weighted by Crippen LogP contribution is -2.18. The highest BCUT2D eigenvalue weighted by Gasteiger charge is 2.30. The average molecular weight is 348 g/mol. The van der Waals surface area contributed by atoms with Crippen LogP contribution in [0.25, 0.3) is 10.9 Å². The van der Waals surface area contributed by atoms with Gasteiger partial charge in [0.2, 0.25) is 0 Å². The molecule has 0 saturated carbocycles. The number of benzene rings is 1. The largest absolute Gasteiger partial charge is 0.382 e. The normalized spacial score (nSPS) is 19.5. The zero-order valence-electron chi connectivity index (χ0n) is 14.6. The van der Waals surface area contributed by atoms with Gasteiger partial charge < -0.3 is 10.1 Å². The highest BCUT2D eigenvalue weighted by Crippen LogP contribution is 2.35. The van der Waals surface area contributed by atoms with Crippen LogP contribution in [0.3, 0.4) is 0 Å². The van der Waals surface area contributed by atoms with E-state index in [1.807, 2.05) is 41.3 Å². The van der Waals surface area contributed by atoms with Gasteiger partial charge in [-0.2, -0.15) is 10.4 Å². The molecule has 3 heterocycles. The summed E-state index contributed by atoms with van der Waals surface area (Å²) >= 11 is 0. The number of hydrogen-bond donors (Lipinski definition) is 1. The average Bonchev–Trinajstić information content (AvgIpc) is 3.34. The van der Waals surface area contributed by atoms with Gasteiger partial charge in [0.15, 0.2) is 5.69 Å². The van der Waals surface area contributed by atoms with Crippen LogP contribution < -0.4 is 5.32 Å². The molecule has 4 rings (SSSR count). The Bertz CT molecular complexity index is 960. The van der Waals surface area contributed by atoms with Crippen molar-refractivity contribution in [2.24, 2.45) is 5.92 Å². The number of nitriles is 1. The van der Waals surface area contributed by atoms with Gasteiger partial charge >= 0.3 is 0 Å². The zero-order valence-corrected chi connectivity index (χ0v) is 14.6. The van der Waals surface area contributed by atoms with E-state index in [-0.39, 0.29) is 6.10 Å². The van der Waals surface area contributed by atoms with E-state index in [0.29, 0.717) is 18.2 Å². The maximum Gasteiger partial charge on any atom is 0.186 e. The van der Waals surface area contributed by atoms with Crippen molar-refractivity contribution >= 4 is 16.6 Å². The fourth-order valence-corrected chi connectivity index (χ4v) is 3.45. The van der Waals surface area contributed by atoms with Crippen LogP contribution in [0.2, 0.25) is 0 Å². The summed E-state index contributed by atoms with van der Waals surface area (Å²) in [5, 5.41) is 26.3. The minimum absolute atomic E-state index is 0.0226. The molecule has 0 aliphatic carbocycles. The number of ether oxygens (including phenoxy) is 1. The molecule has 1 aliphatic heterocycles. The monoisotopic (exact) mass is 348 g/mol. The summed E-state index contributed by atoms with van der Waals surface area (Å²) < 4.78 is 7.87. The van der Waals surface area contributed by atoms with Crippen LogP contribution in [-0.4, -0.2) is 33.1 Å². The summed E-state index contributed by atoms with van der Waals surface area (Å²) in [5.74, 6) is 0.308. The molecule has 7 heteroatoms. The molecule has 1 saturated heterocycles. The number of fused-ring (bicyclic) bond motifs is 1. The van der Waals surface area contributed by atoms with Gasteiger partial charge in [-0.25, -0.2) is 0 Å². The Labute approximate surface area is 151 Å². The van der Waals surface area contributed by atoms with Gasteiger partial charge in [0.25, 0.3) is 0 Å². The molecule has 0 spiro atoms. The fraction of sp³-hybridized carbons (Fsp3) is 0.368. The molecule has 0 amide bonds. The van der Waals surface area contributed by atoms with E-state index < -0.39 is 0 Å². The maximum atomic E-state index is 9.40. The molecule has 0 unspecified atom stereocenters. The molecule has 1 aliphatic rings. The number of hydrogen-bond acceptors (Lipinski definition) is 6. The van der Waals surface area contributed by atoms with E-state index in [2.05, 4.69) is 33.6 Å². The van der Waals surface area contributed by atoms with E-state index in [1.54, 1.807) is 0 Å². The predicted molar refractivity (Wildman–Crippen MR) is 97.4 cm³/mol. The number of rotatable bonds is 5. The summed E-state index contributed by atoms with van der Waals surface area (Å²) in [4.78, 5) is 0. The third kappa shape index (κ3) is 3.00. The van der Waals surface area contributed by atoms with Crippen LogP contribution in [0.15, 0.2) is 36.7 Å². The molecule has 7 nitrogen and oxygen atoms in total. The number of nitrogens with one attached hydrogen (secondary N) is 1. The maximum absolute atomic E-state index is 9.40. The second kappa shape index (κ2) is 7.10. The Morgan fingerprint density at radius 3 is 3.04 bits per heavy atom. The quantitative estimate of drug-likeness (QED) is 0.763. The molecule has 1 N–H and O–H groups in total. The van der Waals surface area contributed by atoms with E-state index in [9.17, 15) is 5.26 Å². The van der Waals surface area contributed by atoms with Gasteiger partial charge in [0.1, 0.15) is 6.07 Å². The van der Waals surface area contributed by atoms with Crippen molar-refractivity contribution in [2.45, 2.75) is 26.0 Å². The molecule has 26 heavy (non-hydrogen) atoms. The predicted octanol–water partition coefficient (Wildman–Crippen LogP) is 2.91. The van der Waals surface area contributed by atoms with Crippen LogP contribution in [0.5, 0.6) is 0 Å². The highest BCUT2D eigenvalue weighted by molar-refractivity contribution is 5.92. The summed E-state index contributed by atoms with van der Waals surface area (Å²) in [6.07, 6.45) is 4.92. The van der Waals surface area contributed by atoms with Crippen LogP contribution in [0.1, 0.15) is 30.7 Å². The standard InChI is InChI=1S/C19H20N6O/c1-2-25-12-14(11-22-25)19-13(7-8-26-19)10-21-18-15-5-3-4-6-16(15)23-24-17(18)9-20/h3-6,11-13,19H,2,7-8,10H2,1H3,(H,21,23)/t13-,19+/m0/s1. The van der Waals surface area contributed by atoms with Crippen molar-refractivity contribution in [2.75, 3.05) is 18.5 Å². The molecule has 0 radical (unpaired) electrons. The first-order chi connectivity index (χ1) is 12.8. The molecule has 2 atom stereocenters. The van der Waals surface area contributed by atoms with E-state index in [1.165, 1.54) is 0 Å². The Balaban J connectivity index is 1.57. The molecule has 1 aromatic carbocycles. The number of anilines is 1. The Morgan fingerprint density at radius 2 is 2.23 bits per heavy atom. The fourth-order valence-electron chi connectivity index (χ4n) is 3.45. The van der Waals surface area contributed by atoms with Crippen molar-refractivity contribution in [3.63, 3.8) is 0 Å². The smallest absolute Gasteiger partial charge is 0.186 e. The first-order valence-electron chi connectivity index (χ1n) is 8.83. The summed E-state index contributed by atoms with van der Waals surface area (Å²) in [6.45, 7) is 4.34. The van der Waals surface area contributed by atoms with Crippen LogP contribution in [-0.2, 0) is 11.3 Å². The number of nitrogens with zero attached hydrogens (tertiary/aromatic N) is 5. The van der Waals surface area contributed by atoms with Gasteiger partial charge in [0, 0.05) is 42.8 Å². The Morgan fingerprint density at radius 1 is 1.35 bits per heavy atom. The van der Waals surface area contributed by atoms with E-state index in [0.717, 1.165) is 41.7 Å². The molecular formula is C19H20N6O. The first kappa shape index (κ1) is 16.5. The van der Waals surface area contributed by atoms with Gasteiger partial charge in [-0.05, 0) is 19.4 Å². The molecule has 132 valence electrons. The molecule has 0 bridgehead atoms. The van der Waals surface area contributed by atoms with Crippen molar-refractivity contribution in [3.05, 3.63) is 47.9 Å². The van der Waals surface area contributed by atoms with Gasteiger partial charge in [-0.15, -0.1) is 10.2 Å². The lowest BCUT2D eigenvalue weighted by molar-refractivity contribution is 0.0932. The SMILES string of the molecule is CCn1cc([C@@H]2OCC[C@H]2CNc2c(C#N)nnc3ccccc23)cn1. The highest BCUT2D eigenvalue weighted by atomic mass is 16.5. The topological polar surface area (TPSA) is 88.6 Å². The van der Waals surface area contributed by atoms with Gasteiger partial charge in [-0.3, -0.25) is 4.68 Å². The van der Waals surface area contributed by atoms with Crippen molar-refractivity contribution < 1.29 is 4.74 Å². The van der Waals surface area contributed by atoms with E-state index >= 15 is 0 Å². The number of aryl methyl sites for hydroxylation is 1. The minimum Gasteiger partial charge on any atom is -0.382 e. The van der Waals surface area contributed by atoms with Gasteiger partial charge in [0.05, 0.1) is 23.5 Å². The second-order valence-electron chi connectivity index (χ2n) is 6.40.